The largest absolute Gasteiger partial charge is 0.493 e. The van der Waals surface area contributed by atoms with Crippen LogP contribution in [-0.4, -0.2) is 7.11 Å². The maximum atomic E-state index is 13.3. The van der Waals surface area contributed by atoms with Crippen molar-refractivity contribution in [2.45, 2.75) is 26.2 Å². The van der Waals surface area contributed by atoms with E-state index in [2.05, 4.69) is 20.8 Å². The van der Waals surface area contributed by atoms with Gasteiger partial charge >= 0.3 is 0 Å². The zero-order valence-electron chi connectivity index (χ0n) is 12.5. The first kappa shape index (κ1) is 15.6. The van der Waals surface area contributed by atoms with Crippen LogP contribution in [-0.2, 0) is 5.41 Å². The van der Waals surface area contributed by atoms with Crippen molar-refractivity contribution in [2.24, 2.45) is 0 Å². The van der Waals surface area contributed by atoms with Crippen LogP contribution in [0, 0.1) is 5.82 Å². The first-order chi connectivity index (χ1) is 9.81. The molecule has 4 heteroatoms. The van der Waals surface area contributed by atoms with Gasteiger partial charge in [-0.1, -0.05) is 38.4 Å². The fourth-order valence-electron chi connectivity index (χ4n) is 2.02. The van der Waals surface area contributed by atoms with E-state index in [-0.39, 0.29) is 11.2 Å². The molecule has 0 amide bonds. The summed E-state index contributed by atoms with van der Waals surface area (Å²) in [6.45, 7) is 6.26. The van der Waals surface area contributed by atoms with Crippen molar-refractivity contribution in [2.75, 3.05) is 7.11 Å². The quantitative estimate of drug-likeness (QED) is 0.737. The van der Waals surface area contributed by atoms with Crippen LogP contribution in [0.15, 0.2) is 36.4 Å². The molecular formula is C17H18ClFO2. The summed E-state index contributed by atoms with van der Waals surface area (Å²) >= 11 is 6.30. The Morgan fingerprint density at radius 3 is 2.29 bits per heavy atom. The zero-order valence-corrected chi connectivity index (χ0v) is 13.3. The topological polar surface area (TPSA) is 18.5 Å². The Morgan fingerprint density at radius 1 is 1.00 bits per heavy atom. The second-order valence-electron chi connectivity index (χ2n) is 5.79. The van der Waals surface area contributed by atoms with Crippen LogP contribution in [0.1, 0.15) is 26.3 Å². The Labute approximate surface area is 129 Å². The predicted octanol–water partition coefficient (Wildman–Crippen LogP) is 5.58. The lowest BCUT2D eigenvalue weighted by Crippen LogP contribution is -2.11. The summed E-state index contributed by atoms with van der Waals surface area (Å²) in [4.78, 5) is 0. The number of rotatable bonds is 3. The molecule has 0 aliphatic heterocycles. The molecule has 0 aliphatic carbocycles. The van der Waals surface area contributed by atoms with Crippen LogP contribution in [0.4, 0.5) is 4.39 Å². The Kier molecular flexibility index (Phi) is 4.43. The number of methoxy groups -OCH3 is 1. The minimum absolute atomic E-state index is 0.0494. The summed E-state index contributed by atoms with van der Waals surface area (Å²) in [5, 5.41) is 0.621. The first-order valence-electron chi connectivity index (χ1n) is 6.62. The van der Waals surface area contributed by atoms with E-state index >= 15 is 0 Å². The maximum absolute atomic E-state index is 13.3. The first-order valence-corrected chi connectivity index (χ1v) is 7.00. The molecule has 0 radical (unpaired) electrons. The fraction of sp³-hybridized carbons (Fsp3) is 0.294. The van der Waals surface area contributed by atoms with Gasteiger partial charge in [-0.15, -0.1) is 0 Å². The highest BCUT2D eigenvalue weighted by atomic mass is 35.5. The average Bonchev–Trinajstić information content (AvgIpc) is 2.37. The van der Waals surface area contributed by atoms with Crippen molar-refractivity contribution < 1.29 is 13.9 Å². The lowest BCUT2D eigenvalue weighted by molar-refractivity contribution is 0.376. The summed E-state index contributed by atoms with van der Waals surface area (Å²) in [5.41, 5.74) is 0.981. The molecule has 0 heterocycles. The number of hydrogen-bond acceptors (Lipinski definition) is 2. The molecule has 0 aromatic heterocycles. The Hall–Kier alpha value is -1.74. The van der Waals surface area contributed by atoms with Crippen LogP contribution in [0.3, 0.4) is 0 Å². The normalized spacial score (nSPS) is 11.3. The molecule has 0 unspecified atom stereocenters. The number of halogens is 2. The minimum Gasteiger partial charge on any atom is -0.493 e. The lowest BCUT2D eigenvalue weighted by Gasteiger charge is -2.21. The highest BCUT2D eigenvalue weighted by Gasteiger charge is 2.18. The molecule has 0 aliphatic rings. The predicted molar refractivity (Wildman–Crippen MR) is 83.2 cm³/mol. The van der Waals surface area contributed by atoms with E-state index in [4.69, 9.17) is 21.1 Å². The molecular weight excluding hydrogens is 291 g/mol. The second kappa shape index (κ2) is 5.94. The summed E-state index contributed by atoms with van der Waals surface area (Å²) in [6.07, 6.45) is 0. The Morgan fingerprint density at radius 2 is 1.71 bits per heavy atom. The Balaban J connectivity index is 2.33. The number of hydrogen-bond donors (Lipinski definition) is 0. The standard InChI is InChI=1S/C17H18ClFO2/c1-17(2,3)13-7-6-12(10-14(13)18)21-16-9-11(19)5-8-15(16)20-4/h5-10H,1-4H3. The van der Waals surface area contributed by atoms with Crippen LogP contribution < -0.4 is 9.47 Å². The van der Waals surface area contributed by atoms with Crippen molar-refractivity contribution in [1.29, 1.82) is 0 Å². The fourth-order valence-corrected chi connectivity index (χ4v) is 2.48. The summed E-state index contributed by atoms with van der Waals surface area (Å²) < 4.78 is 24.2. The van der Waals surface area contributed by atoms with Crippen LogP contribution in [0.25, 0.3) is 0 Å². The van der Waals surface area contributed by atoms with E-state index < -0.39 is 0 Å². The van der Waals surface area contributed by atoms with Gasteiger partial charge in [-0.25, -0.2) is 4.39 Å². The van der Waals surface area contributed by atoms with Crippen LogP contribution >= 0.6 is 11.6 Å². The van der Waals surface area contributed by atoms with Gasteiger partial charge in [0.25, 0.3) is 0 Å². The molecule has 0 fully saturated rings. The third kappa shape index (κ3) is 3.67. The van der Waals surface area contributed by atoms with E-state index in [1.165, 1.54) is 25.3 Å². The average molecular weight is 309 g/mol. The molecule has 0 saturated carbocycles. The van der Waals surface area contributed by atoms with Gasteiger partial charge in [-0.05, 0) is 35.2 Å². The van der Waals surface area contributed by atoms with E-state index in [1.807, 2.05) is 12.1 Å². The summed E-state index contributed by atoms with van der Waals surface area (Å²) in [5.74, 6) is 0.935. The molecule has 0 atom stereocenters. The molecule has 2 rings (SSSR count). The zero-order chi connectivity index (χ0) is 15.6. The molecule has 2 nitrogen and oxygen atoms in total. The van der Waals surface area contributed by atoms with E-state index in [0.29, 0.717) is 22.3 Å². The van der Waals surface area contributed by atoms with Crippen molar-refractivity contribution in [3.05, 3.63) is 52.8 Å². The number of ether oxygens (including phenoxy) is 2. The molecule has 0 bridgehead atoms. The van der Waals surface area contributed by atoms with Gasteiger partial charge in [-0.2, -0.15) is 0 Å². The monoisotopic (exact) mass is 308 g/mol. The summed E-state index contributed by atoms with van der Waals surface area (Å²) in [7, 11) is 1.51. The SMILES string of the molecule is COc1ccc(F)cc1Oc1ccc(C(C)(C)C)c(Cl)c1. The van der Waals surface area contributed by atoms with Crippen molar-refractivity contribution in [3.8, 4) is 17.2 Å². The van der Waals surface area contributed by atoms with Crippen molar-refractivity contribution in [3.63, 3.8) is 0 Å². The van der Waals surface area contributed by atoms with Gasteiger partial charge in [0.15, 0.2) is 11.5 Å². The molecule has 0 saturated heterocycles. The third-order valence-electron chi connectivity index (χ3n) is 3.10. The molecule has 2 aromatic rings. The third-order valence-corrected chi connectivity index (χ3v) is 3.41. The van der Waals surface area contributed by atoms with Crippen molar-refractivity contribution >= 4 is 11.6 Å². The lowest BCUT2D eigenvalue weighted by atomic mass is 9.87. The molecule has 112 valence electrons. The number of benzene rings is 2. The van der Waals surface area contributed by atoms with Gasteiger partial charge in [0.2, 0.25) is 0 Å². The summed E-state index contributed by atoms with van der Waals surface area (Å²) in [6, 6.07) is 9.59. The molecule has 0 N–H and O–H groups in total. The van der Waals surface area contributed by atoms with E-state index in [9.17, 15) is 4.39 Å². The van der Waals surface area contributed by atoms with Gasteiger partial charge in [0, 0.05) is 11.1 Å². The van der Waals surface area contributed by atoms with Crippen LogP contribution in [0.5, 0.6) is 17.2 Å². The van der Waals surface area contributed by atoms with Crippen molar-refractivity contribution in [1.82, 2.24) is 0 Å². The smallest absolute Gasteiger partial charge is 0.172 e. The van der Waals surface area contributed by atoms with Gasteiger partial charge in [0.1, 0.15) is 11.6 Å². The molecule has 0 spiro atoms. The molecule has 2 aromatic carbocycles. The minimum atomic E-state index is -0.386. The highest BCUT2D eigenvalue weighted by molar-refractivity contribution is 6.31. The van der Waals surface area contributed by atoms with Crippen LogP contribution in [0.2, 0.25) is 5.02 Å². The Bertz CT molecular complexity index is 648. The second-order valence-corrected chi connectivity index (χ2v) is 6.20. The van der Waals surface area contributed by atoms with Gasteiger partial charge in [-0.3, -0.25) is 0 Å². The van der Waals surface area contributed by atoms with E-state index in [1.54, 1.807) is 6.07 Å². The van der Waals surface area contributed by atoms with Gasteiger partial charge in [0.05, 0.1) is 7.11 Å². The highest BCUT2D eigenvalue weighted by Crippen LogP contribution is 2.36. The van der Waals surface area contributed by atoms with Gasteiger partial charge < -0.3 is 9.47 Å². The molecule has 21 heavy (non-hydrogen) atoms. The maximum Gasteiger partial charge on any atom is 0.172 e. The van der Waals surface area contributed by atoms with E-state index in [0.717, 1.165) is 5.56 Å².